The van der Waals surface area contributed by atoms with Crippen molar-refractivity contribution in [2.24, 2.45) is 0 Å². The van der Waals surface area contributed by atoms with Crippen LogP contribution in [0, 0.1) is 0 Å². The van der Waals surface area contributed by atoms with Gasteiger partial charge in [-0.3, -0.25) is 4.98 Å². The van der Waals surface area contributed by atoms with E-state index in [1.165, 1.54) is 0 Å². The summed E-state index contributed by atoms with van der Waals surface area (Å²) in [6.45, 7) is 0. The van der Waals surface area contributed by atoms with Gasteiger partial charge in [-0.25, -0.2) is 9.97 Å². The summed E-state index contributed by atoms with van der Waals surface area (Å²) in [7, 11) is 0. The highest BCUT2D eigenvalue weighted by Crippen LogP contribution is 2.39. The summed E-state index contributed by atoms with van der Waals surface area (Å²) in [5.74, 6) is 0. The molecule has 8 bridgehead atoms. The van der Waals surface area contributed by atoms with Crippen LogP contribution in [-0.4, -0.2) is 24.9 Å². The Hall–Kier alpha value is -7.63. The SMILES string of the molecule is C1=Cc2nc1c(-c1ccccc1)c1ccc([nH]1)c(-c1ccccc1)c1nc(c(-c3ccccc3/C=C\c3ccccn3)c3ccc([nH]3)c2-c2ccccc2)C=C1. The number of rotatable bonds is 6. The van der Waals surface area contributed by atoms with Gasteiger partial charge >= 0.3 is 0 Å². The third-order valence-electron chi connectivity index (χ3n) is 10.3. The van der Waals surface area contributed by atoms with Crippen molar-refractivity contribution in [1.82, 2.24) is 24.9 Å². The molecule has 4 aromatic heterocycles. The van der Waals surface area contributed by atoms with Crippen LogP contribution < -0.4 is 0 Å². The average molecular weight is 718 g/mol. The Kier molecular flexibility index (Phi) is 8.43. The van der Waals surface area contributed by atoms with Crippen LogP contribution in [0.5, 0.6) is 0 Å². The van der Waals surface area contributed by atoms with E-state index in [-0.39, 0.29) is 0 Å². The highest BCUT2D eigenvalue weighted by atomic mass is 14.8. The topological polar surface area (TPSA) is 70.2 Å². The summed E-state index contributed by atoms with van der Waals surface area (Å²) in [5.41, 5.74) is 17.7. The minimum absolute atomic E-state index is 0.867. The molecule has 0 radical (unpaired) electrons. The molecule has 264 valence electrons. The van der Waals surface area contributed by atoms with E-state index in [9.17, 15) is 0 Å². The zero-order valence-electron chi connectivity index (χ0n) is 30.4. The fourth-order valence-electron chi connectivity index (χ4n) is 7.73. The zero-order valence-corrected chi connectivity index (χ0v) is 30.4. The number of aromatic amines is 2. The highest BCUT2D eigenvalue weighted by Gasteiger charge is 2.19. The highest BCUT2D eigenvalue weighted by molar-refractivity contribution is 6.00. The molecule has 2 aliphatic rings. The zero-order chi connectivity index (χ0) is 37.3. The number of pyridine rings is 1. The fraction of sp³-hybridized carbons (Fsp3) is 0. The quantitative estimate of drug-likeness (QED) is 0.180. The Balaban J connectivity index is 1.35. The molecule has 56 heavy (non-hydrogen) atoms. The van der Waals surface area contributed by atoms with Gasteiger partial charge in [0, 0.05) is 50.5 Å². The van der Waals surface area contributed by atoms with Crippen molar-refractivity contribution in [2.75, 3.05) is 0 Å². The van der Waals surface area contributed by atoms with E-state index in [1.54, 1.807) is 0 Å². The van der Waals surface area contributed by atoms with Gasteiger partial charge in [0.25, 0.3) is 0 Å². The van der Waals surface area contributed by atoms with E-state index in [0.717, 1.165) is 101 Å². The predicted octanol–water partition coefficient (Wildman–Crippen LogP) is 12.9. The van der Waals surface area contributed by atoms with Crippen LogP contribution in [0.4, 0.5) is 0 Å². The first-order chi connectivity index (χ1) is 27.8. The van der Waals surface area contributed by atoms with Gasteiger partial charge in [0.1, 0.15) is 0 Å². The molecule has 10 rings (SSSR count). The van der Waals surface area contributed by atoms with E-state index in [4.69, 9.17) is 9.97 Å². The van der Waals surface area contributed by atoms with Gasteiger partial charge in [-0.1, -0.05) is 127 Å². The summed E-state index contributed by atoms with van der Waals surface area (Å²) in [6.07, 6.45) is 14.6. The van der Waals surface area contributed by atoms with Gasteiger partial charge in [0.2, 0.25) is 0 Å². The van der Waals surface area contributed by atoms with E-state index < -0.39 is 0 Å². The van der Waals surface area contributed by atoms with Crippen LogP contribution in [0.3, 0.4) is 0 Å². The van der Waals surface area contributed by atoms with Crippen molar-refractivity contribution in [1.29, 1.82) is 0 Å². The minimum atomic E-state index is 0.867. The van der Waals surface area contributed by atoms with E-state index in [0.29, 0.717) is 0 Å². The van der Waals surface area contributed by atoms with Gasteiger partial charge in [-0.15, -0.1) is 0 Å². The van der Waals surface area contributed by atoms with Crippen molar-refractivity contribution in [3.8, 4) is 44.5 Å². The monoisotopic (exact) mass is 717 g/mol. The Labute approximate surface area is 324 Å². The Morgan fingerprint density at radius 2 is 0.768 bits per heavy atom. The van der Waals surface area contributed by atoms with Gasteiger partial charge < -0.3 is 9.97 Å². The van der Waals surface area contributed by atoms with Crippen molar-refractivity contribution in [3.05, 3.63) is 198 Å². The lowest BCUT2D eigenvalue weighted by atomic mass is 9.97. The maximum atomic E-state index is 5.47. The Morgan fingerprint density at radius 3 is 1.23 bits per heavy atom. The summed E-state index contributed by atoms with van der Waals surface area (Å²) >= 11 is 0. The molecule has 0 spiro atoms. The standard InChI is InChI=1S/C51H35N5/c1-4-15-35(16-5-1)48-40-25-27-42(53-40)49(36-17-6-2-7-18-36)44-29-31-46(55-44)51(39-22-11-10-14-34(39)23-24-38-21-12-13-33-52-38)47-32-30-45(56-47)50(37-19-8-3-9-20-37)43-28-26-41(48)54-43/h1-33,53,56H/b24-23-,48-40?,48-41?,49-42?,49-44?,50-43?,50-45?,51-46?,51-47?. The normalized spacial score (nSPS) is 12.1. The molecule has 8 aromatic rings. The van der Waals surface area contributed by atoms with Crippen molar-refractivity contribution >= 4 is 58.5 Å². The molecule has 5 heteroatoms. The molecule has 0 aliphatic carbocycles. The number of fused-ring (bicyclic) bond motifs is 8. The first-order valence-corrected chi connectivity index (χ1v) is 18.8. The smallest absolute Gasteiger partial charge is 0.0737 e. The van der Waals surface area contributed by atoms with Crippen LogP contribution >= 0.6 is 0 Å². The second kappa shape index (κ2) is 14.3. The number of hydrogen-bond donors (Lipinski definition) is 2. The number of nitrogens with one attached hydrogen (secondary N) is 2. The second-order valence-electron chi connectivity index (χ2n) is 13.8. The lowest BCUT2D eigenvalue weighted by molar-refractivity contribution is 1.30. The molecule has 0 saturated carbocycles. The molecule has 0 unspecified atom stereocenters. The molecule has 4 aromatic carbocycles. The summed E-state index contributed by atoms with van der Waals surface area (Å²) < 4.78 is 0. The molecule has 2 N–H and O–H groups in total. The summed E-state index contributed by atoms with van der Waals surface area (Å²) in [5, 5.41) is 0. The predicted molar refractivity (Wildman–Crippen MR) is 234 cm³/mol. The number of H-pyrrole nitrogens is 2. The average Bonchev–Trinajstić information content (AvgIpc) is 4.10. The van der Waals surface area contributed by atoms with Crippen molar-refractivity contribution in [2.45, 2.75) is 0 Å². The van der Waals surface area contributed by atoms with E-state index >= 15 is 0 Å². The van der Waals surface area contributed by atoms with Crippen LogP contribution in [0.25, 0.3) is 103 Å². The molecule has 0 amide bonds. The minimum Gasteiger partial charge on any atom is -0.354 e. The van der Waals surface area contributed by atoms with Gasteiger partial charge in [-0.2, -0.15) is 0 Å². The summed E-state index contributed by atoms with van der Waals surface area (Å²) in [6, 6.07) is 54.6. The van der Waals surface area contributed by atoms with Gasteiger partial charge in [0.05, 0.1) is 28.5 Å². The van der Waals surface area contributed by atoms with E-state index in [1.807, 2.05) is 42.6 Å². The largest absolute Gasteiger partial charge is 0.354 e. The van der Waals surface area contributed by atoms with Crippen molar-refractivity contribution < 1.29 is 0 Å². The lowest BCUT2D eigenvalue weighted by Gasteiger charge is -2.09. The van der Waals surface area contributed by atoms with E-state index in [2.05, 4.69) is 173 Å². The van der Waals surface area contributed by atoms with Crippen LogP contribution in [0.2, 0.25) is 0 Å². The molecular formula is C51H35N5. The third-order valence-corrected chi connectivity index (χ3v) is 10.3. The number of aromatic nitrogens is 5. The third kappa shape index (κ3) is 6.17. The van der Waals surface area contributed by atoms with Crippen LogP contribution in [-0.2, 0) is 0 Å². The maximum absolute atomic E-state index is 5.47. The van der Waals surface area contributed by atoms with Crippen molar-refractivity contribution in [3.63, 3.8) is 0 Å². The fourth-order valence-corrected chi connectivity index (χ4v) is 7.73. The van der Waals surface area contributed by atoms with Crippen LogP contribution in [0.1, 0.15) is 34.0 Å². The molecular weight excluding hydrogens is 683 g/mol. The van der Waals surface area contributed by atoms with Gasteiger partial charge in [0.15, 0.2) is 0 Å². The second-order valence-corrected chi connectivity index (χ2v) is 13.8. The molecule has 0 fully saturated rings. The first kappa shape index (κ1) is 33.0. The maximum Gasteiger partial charge on any atom is 0.0737 e. The molecule has 2 aliphatic heterocycles. The molecule has 5 nitrogen and oxygen atoms in total. The first-order valence-electron chi connectivity index (χ1n) is 18.8. The lowest BCUT2D eigenvalue weighted by Crippen LogP contribution is -1.91. The Morgan fingerprint density at radius 1 is 0.357 bits per heavy atom. The number of benzene rings is 4. The molecule has 6 heterocycles. The number of nitrogens with zero attached hydrogens (tertiary/aromatic N) is 3. The number of hydrogen-bond acceptors (Lipinski definition) is 3. The molecule has 0 atom stereocenters. The summed E-state index contributed by atoms with van der Waals surface area (Å²) in [4.78, 5) is 23.1. The molecule has 0 saturated heterocycles. The van der Waals surface area contributed by atoms with Crippen LogP contribution in [0.15, 0.2) is 164 Å². The Bertz CT molecular complexity index is 2950. The van der Waals surface area contributed by atoms with Gasteiger partial charge in [-0.05, 0) is 94.6 Å².